The second-order valence-corrected chi connectivity index (χ2v) is 6.80. The predicted octanol–water partition coefficient (Wildman–Crippen LogP) is 3.66. The van der Waals surface area contributed by atoms with Gasteiger partial charge in [-0.15, -0.1) is 11.8 Å². The molecule has 19 heavy (non-hydrogen) atoms. The van der Waals surface area contributed by atoms with Crippen LogP contribution in [0, 0.1) is 0 Å². The van der Waals surface area contributed by atoms with Gasteiger partial charge in [0.2, 0.25) is 0 Å². The smallest absolute Gasteiger partial charge is 0.258 e. The average molecular weight is 274 g/mol. The average Bonchev–Trinajstić information content (AvgIpc) is 2.91. The van der Waals surface area contributed by atoms with E-state index in [1.165, 1.54) is 25.7 Å². The highest BCUT2D eigenvalue weighted by atomic mass is 32.2. The fourth-order valence-corrected chi connectivity index (χ4v) is 4.10. The Bertz CT molecular complexity index is 631. The second kappa shape index (κ2) is 5.37. The van der Waals surface area contributed by atoms with Crippen LogP contribution in [0.2, 0.25) is 0 Å². The number of H-pyrrole nitrogens is 1. The van der Waals surface area contributed by atoms with Gasteiger partial charge in [0.1, 0.15) is 5.82 Å². The van der Waals surface area contributed by atoms with Crippen LogP contribution in [0.1, 0.15) is 43.7 Å². The molecule has 1 aromatic heterocycles. The van der Waals surface area contributed by atoms with E-state index in [0.29, 0.717) is 5.39 Å². The molecule has 3 nitrogen and oxygen atoms in total. The van der Waals surface area contributed by atoms with E-state index in [2.05, 4.69) is 16.9 Å². The molecule has 1 N–H and O–H groups in total. The zero-order chi connectivity index (χ0) is 13.2. The molecule has 1 atom stereocenters. The van der Waals surface area contributed by atoms with Crippen molar-refractivity contribution in [3.8, 4) is 0 Å². The van der Waals surface area contributed by atoms with Gasteiger partial charge in [-0.2, -0.15) is 0 Å². The first-order chi connectivity index (χ1) is 9.24. The maximum absolute atomic E-state index is 12.0. The summed E-state index contributed by atoms with van der Waals surface area (Å²) in [5.74, 6) is 0.806. The molecule has 4 heteroatoms. The molecular formula is C15H18N2OS. The van der Waals surface area contributed by atoms with Gasteiger partial charge in [-0.3, -0.25) is 4.79 Å². The number of nitrogens with zero attached hydrogens (tertiary/aromatic N) is 1. The molecule has 2 aromatic rings. The first-order valence-electron chi connectivity index (χ1n) is 6.88. The largest absolute Gasteiger partial charge is 0.309 e. The molecular weight excluding hydrogens is 256 g/mol. The minimum atomic E-state index is -0.0283. The molecule has 1 heterocycles. The summed E-state index contributed by atoms with van der Waals surface area (Å²) in [6.45, 7) is 2.13. The lowest BCUT2D eigenvalue weighted by Crippen LogP contribution is -2.13. The van der Waals surface area contributed by atoms with Crippen molar-refractivity contribution < 1.29 is 0 Å². The van der Waals surface area contributed by atoms with Gasteiger partial charge >= 0.3 is 0 Å². The third-order valence-electron chi connectivity index (χ3n) is 3.72. The van der Waals surface area contributed by atoms with Crippen LogP contribution < -0.4 is 5.56 Å². The normalized spacial score (nSPS) is 17.9. The van der Waals surface area contributed by atoms with Gasteiger partial charge in [0.15, 0.2) is 0 Å². The Morgan fingerprint density at radius 2 is 2.05 bits per heavy atom. The van der Waals surface area contributed by atoms with Crippen LogP contribution in [-0.4, -0.2) is 15.2 Å². The standard InChI is InChI=1S/C15H18N2OS/c1-10(19-11-6-2-3-7-11)14-16-13-9-5-4-8-12(13)15(18)17-14/h4-5,8-11H,2-3,6-7H2,1H3,(H,16,17,18). The molecule has 1 aliphatic carbocycles. The highest BCUT2D eigenvalue weighted by Crippen LogP contribution is 2.37. The summed E-state index contributed by atoms with van der Waals surface area (Å²) < 4.78 is 0. The fraction of sp³-hybridized carbons (Fsp3) is 0.467. The molecule has 1 fully saturated rings. The number of thioether (sulfide) groups is 1. The molecule has 1 aromatic carbocycles. The fourth-order valence-electron chi connectivity index (χ4n) is 2.67. The predicted molar refractivity (Wildman–Crippen MR) is 80.6 cm³/mol. The van der Waals surface area contributed by atoms with Crippen molar-refractivity contribution in [1.82, 2.24) is 9.97 Å². The number of benzene rings is 1. The maximum Gasteiger partial charge on any atom is 0.258 e. The lowest BCUT2D eigenvalue weighted by molar-refractivity contribution is 0.871. The van der Waals surface area contributed by atoms with Gasteiger partial charge in [-0.05, 0) is 31.9 Å². The van der Waals surface area contributed by atoms with Crippen LogP contribution in [-0.2, 0) is 0 Å². The number of rotatable bonds is 3. The van der Waals surface area contributed by atoms with Crippen LogP contribution in [0.15, 0.2) is 29.1 Å². The summed E-state index contributed by atoms with van der Waals surface area (Å²) >= 11 is 1.94. The zero-order valence-electron chi connectivity index (χ0n) is 11.1. The maximum atomic E-state index is 12.0. The number of para-hydroxylation sites is 1. The number of aromatic amines is 1. The van der Waals surface area contributed by atoms with Crippen molar-refractivity contribution in [1.29, 1.82) is 0 Å². The van der Waals surface area contributed by atoms with Crippen molar-refractivity contribution in [3.63, 3.8) is 0 Å². The molecule has 0 aliphatic heterocycles. The third-order valence-corrected chi connectivity index (χ3v) is 5.20. The molecule has 3 rings (SSSR count). The summed E-state index contributed by atoms with van der Waals surface area (Å²) in [6, 6.07) is 7.52. The van der Waals surface area contributed by atoms with E-state index in [-0.39, 0.29) is 10.8 Å². The van der Waals surface area contributed by atoms with Gasteiger partial charge in [0.05, 0.1) is 16.2 Å². The molecule has 0 radical (unpaired) electrons. The molecule has 0 spiro atoms. The second-order valence-electron chi connectivity index (χ2n) is 5.15. The Kier molecular flexibility index (Phi) is 3.60. The van der Waals surface area contributed by atoms with Crippen LogP contribution in [0.5, 0.6) is 0 Å². The van der Waals surface area contributed by atoms with E-state index in [1.54, 1.807) is 0 Å². The monoisotopic (exact) mass is 274 g/mol. The summed E-state index contributed by atoms with van der Waals surface area (Å²) in [7, 11) is 0. The molecule has 100 valence electrons. The van der Waals surface area contributed by atoms with Crippen molar-refractivity contribution in [2.75, 3.05) is 0 Å². The van der Waals surface area contributed by atoms with Crippen molar-refractivity contribution in [3.05, 3.63) is 40.4 Å². The Morgan fingerprint density at radius 3 is 2.84 bits per heavy atom. The topological polar surface area (TPSA) is 45.8 Å². The van der Waals surface area contributed by atoms with E-state index < -0.39 is 0 Å². The first-order valence-corrected chi connectivity index (χ1v) is 7.83. The number of aromatic nitrogens is 2. The molecule has 1 saturated carbocycles. The Balaban J connectivity index is 1.89. The number of nitrogens with one attached hydrogen (secondary N) is 1. The van der Waals surface area contributed by atoms with Crippen LogP contribution in [0.25, 0.3) is 10.9 Å². The number of fused-ring (bicyclic) bond motifs is 1. The Morgan fingerprint density at radius 1 is 1.32 bits per heavy atom. The van der Waals surface area contributed by atoms with E-state index >= 15 is 0 Å². The summed E-state index contributed by atoms with van der Waals surface area (Å²) in [4.78, 5) is 19.6. The SMILES string of the molecule is CC(SC1CCCC1)c1nc2ccccc2c(=O)[nH]1. The van der Waals surface area contributed by atoms with Gasteiger partial charge in [0, 0.05) is 5.25 Å². The van der Waals surface area contributed by atoms with E-state index in [4.69, 9.17) is 0 Å². The van der Waals surface area contributed by atoms with Gasteiger partial charge in [-0.25, -0.2) is 4.98 Å². The van der Waals surface area contributed by atoms with E-state index in [0.717, 1.165) is 16.6 Å². The molecule has 0 amide bonds. The highest BCUT2D eigenvalue weighted by molar-refractivity contribution is 8.00. The molecule has 0 saturated heterocycles. The number of hydrogen-bond acceptors (Lipinski definition) is 3. The van der Waals surface area contributed by atoms with Gasteiger partial charge < -0.3 is 4.98 Å². The Labute approximate surface area is 116 Å². The van der Waals surface area contributed by atoms with Gasteiger partial charge in [0.25, 0.3) is 5.56 Å². The number of hydrogen-bond donors (Lipinski definition) is 1. The van der Waals surface area contributed by atoms with Crippen molar-refractivity contribution in [2.24, 2.45) is 0 Å². The minimum absolute atomic E-state index is 0.0283. The highest BCUT2D eigenvalue weighted by Gasteiger charge is 2.20. The minimum Gasteiger partial charge on any atom is -0.309 e. The Hall–Kier alpha value is -1.29. The van der Waals surface area contributed by atoms with Crippen LogP contribution in [0.4, 0.5) is 0 Å². The molecule has 1 aliphatic rings. The lowest BCUT2D eigenvalue weighted by atomic mass is 10.2. The molecule has 0 bridgehead atoms. The third kappa shape index (κ3) is 2.68. The summed E-state index contributed by atoms with van der Waals surface area (Å²) in [6.07, 6.45) is 5.28. The van der Waals surface area contributed by atoms with Crippen molar-refractivity contribution >= 4 is 22.7 Å². The van der Waals surface area contributed by atoms with Gasteiger partial charge in [-0.1, -0.05) is 25.0 Å². The lowest BCUT2D eigenvalue weighted by Gasteiger charge is -2.15. The first kappa shape index (κ1) is 12.7. The summed E-state index contributed by atoms with van der Waals surface area (Å²) in [5.41, 5.74) is 0.764. The zero-order valence-corrected chi connectivity index (χ0v) is 11.9. The van der Waals surface area contributed by atoms with E-state index in [9.17, 15) is 4.79 Å². The van der Waals surface area contributed by atoms with Crippen molar-refractivity contribution in [2.45, 2.75) is 43.1 Å². The van der Waals surface area contributed by atoms with Crippen LogP contribution >= 0.6 is 11.8 Å². The quantitative estimate of drug-likeness (QED) is 0.929. The van der Waals surface area contributed by atoms with E-state index in [1.807, 2.05) is 36.0 Å². The summed E-state index contributed by atoms with van der Waals surface area (Å²) in [5, 5.41) is 1.65. The molecule has 1 unspecified atom stereocenters. The van der Waals surface area contributed by atoms with Crippen LogP contribution in [0.3, 0.4) is 0 Å².